The Morgan fingerprint density at radius 1 is 1.21 bits per heavy atom. The zero-order chi connectivity index (χ0) is 20.1. The molecule has 2 aliphatic heterocycles. The van der Waals surface area contributed by atoms with Gasteiger partial charge in [0.05, 0.1) is 31.2 Å². The van der Waals surface area contributed by atoms with Crippen LogP contribution in [-0.2, 0) is 16.1 Å². The lowest BCUT2D eigenvalue weighted by molar-refractivity contribution is -0.104. The molecular weight excluding hydrogens is 376 g/mol. The van der Waals surface area contributed by atoms with Crippen molar-refractivity contribution in [3.8, 4) is 11.8 Å². The molecule has 10 nitrogen and oxygen atoms in total. The van der Waals surface area contributed by atoms with E-state index < -0.39 is 0 Å². The lowest BCUT2D eigenvalue weighted by Crippen LogP contribution is -2.51. The second-order valence-corrected chi connectivity index (χ2v) is 6.67. The number of anilines is 1. The number of hydrogen-bond donors (Lipinski definition) is 0. The summed E-state index contributed by atoms with van der Waals surface area (Å²) in [6.45, 7) is 3.54. The summed E-state index contributed by atoms with van der Waals surface area (Å²) in [6, 6.07) is 3.84. The zero-order valence-corrected chi connectivity index (χ0v) is 15.7. The number of nitrogens with zero attached hydrogens (tertiary/aromatic N) is 6. The van der Waals surface area contributed by atoms with Crippen LogP contribution in [0.1, 0.15) is 11.1 Å². The summed E-state index contributed by atoms with van der Waals surface area (Å²) in [5, 5.41) is 9.09. The molecule has 150 valence electrons. The van der Waals surface area contributed by atoms with Crippen LogP contribution in [-0.4, -0.2) is 71.4 Å². The van der Waals surface area contributed by atoms with Crippen LogP contribution in [0.15, 0.2) is 30.9 Å². The highest BCUT2D eigenvalue weighted by Gasteiger charge is 2.28. The van der Waals surface area contributed by atoms with E-state index in [9.17, 15) is 4.79 Å². The Labute approximate surface area is 167 Å². The normalized spacial score (nSPS) is 16.7. The topological polar surface area (TPSA) is 114 Å². The summed E-state index contributed by atoms with van der Waals surface area (Å²) < 4.78 is 16.0. The number of carbonyl (C=O) groups excluding carboxylic acids is 1. The Morgan fingerprint density at radius 3 is 2.62 bits per heavy atom. The first-order valence-corrected chi connectivity index (χ1v) is 9.29. The molecule has 0 spiro atoms. The summed E-state index contributed by atoms with van der Waals surface area (Å²) in [4.78, 5) is 28.4. The van der Waals surface area contributed by atoms with Gasteiger partial charge in [-0.15, -0.1) is 0 Å². The fourth-order valence-electron chi connectivity index (χ4n) is 2.95. The molecule has 2 aromatic rings. The summed E-state index contributed by atoms with van der Waals surface area (Å²) in [6.07, 6.45) is 5.92. The summed E-state index contributed by atoms with van der Waals surface area (Å²) >= 11 is 0. The van der Waals surface area contributed by atoms with E-state index in [4.69, 9.17) is 19.5 Å². The number of nitriles is 1. The molecule has 0 saturated carbocycles. The first kappa shape index (κ1) is 18.9. The maximum Gasteiger partial charge on any atom is 0.410 e. The molecule has 1 amide bonds. The van der Waals surface area contributed by atoms with Crippen LogP contribution in [0.4, 0.5) is 10.7 Å². The smallest absolute Gasteiger partial charge is 0.410 e. The Hall–Kier alpha value is -3.45. The number of hydrogen-bond acceptors (Lipinski definition) is 9. The Morgan fingerprint density at radius 2 is 1.97 bits per heavy atom. The van der Waals surface area contributed by atoms with E-state index in [2.05, 4.69) is 21.0 Å². The number of amides is 1. The van der Waals surface area contributed by atoms with Crippen molar-refractivity contribution in [2.45, 2.75) is 12.7 Å². The molecule has 2 fully saturated rings. The third kappa shape index (κ3) is 4.52. The van der Waals surface area contributed by atoms with Gasteiger partial charge in [0, 0.05) is 44.1 Å². The van der Waals surface area contributed by atoms with Crippen LogP contribution in [0.5, 0.6) is 5.75 Å². The van der Waals surface area contributed by atoms with Gasteiger partial charge in [0.1, 0.15) is 12.7 Å². The second kappa shape index (κ2) is 8.70. The quantitative estimate of drug-likeness (QED) is 0.729. The van der Waals surface area contributed by atoms with Gasteiger partial charge in [-0.2, -0.15) is 5.26 Å². The highest BCUT2D eigenvalue weighted by Crippen LogP contribution is 2.17. The van der Waals surface area contributed by atoms with Crippen LogP contribution >= 0.6 is 0 Å². The number of pyridine rings is 1. The van der Waals surface area contributed by atoms with E-state index in [0.717, 1.165) is 5.56 Å². The molecule has 0 atom stereocenters. The standard InChI is InChI=1S/C19H20N6O4/c20-7-15-8-21-2-1-14(15)11-28-16-9-22-18(23-10-16)24-3-5-25(6-4-24)19(26)29-17-12-27-13-17/h1-2,8-10,17H,3-6,11-13H2. The first-order valence-electron chi connectivity index (χ1n) is 9.29. The van der Waals surface area contributed by atoms with Gasteiger partial charge in [0.15, 0.2) is 11.9 Å². The van der Waals surface area contributed by atoms with E-state index in [-0.39, 0.29) is 18.8 Å². The van der Waals surface area contributed by atoms with Crippen molar-refractivity contribution in [2.75, 3.05) is 44.3 Å². The predicted molar refractivity (Wildman–Crippen MR) is 100 cm³/mol. The van der Waals surface area contributed by atoms with E-state index >= 15 is 0 Å². The van der Waals surface area contributed by atoms with Crippen molar-refractivity contribution in [1.82, 2.24) is 19.9 Å². The van der Waals surface area contributed by atoms with Crippen molar-refractivity contribution in [3.05, 3.63) is 42.0 Å². The van der Waals surface area contributed by atoms with Crippen molar-refractivity contribution in [1.29, 1.82) is 5.26 Å². The maximum atomic E-state index is 12.1. The van der Waals surface area contributed by atoms with Crippen LogP contribution in [0.25, 0.3) is 0 Å². The lowest BCUT2D eigenvalue weighted by atomic mass is 10.2. The van der Waals surface area contributed by atoms with Gasteiger partial charge >= 0.3 is 6.09 Å². The minimum Gasteiger partial charge on any atom is -0.486 e. The molecule has 2 aromatic heterocycles. The molecular formula is C19H20N6O4. The third-order valence-electron chi connectivity index (χ3n) is 4.74. The summed E-state index contributed by atoms with van der Waals surface area (Å²) in [7, 11) is 0. The Kier molecular flexibility index (Phi) is 5.67. The summed E-state index contributed by atoms with van der Waals surface area (Å²) in [5.74, 6) is 1.10. The summed E-state index contributed by atoms with van der Waals surface area (Å²) in [5.41, 5.74) is 1.23. The number of ether oxygens (including phenoxy) is 3. The number of carbonyl (C=O) groups is 1. The number of piperazine rings is 1. The van der Waals surface area contributed by atoms with E-state index in [0.29, 0.717) is 56.7 Å². The first-order chi connectivity index (χ1) is 14.2. The van der Waals surface area contributed by atoms with E-state index in [1.54, 1.807) is 29.6 Å². The Bertz CT molecular complexity index is 888. The van der Waals surface area contributed by atoms with Crippen LogP contribution in [0, 0.1) is 11.3 Å². The zero-order valence-electron chi connectivity index (χ0n) is 15.7. The lowest BCUT2D eigenvalue weighted by Gasteiger charge is -2.35. The fourth-order valence-corrected chi connectivity index (χ4v) is 2.95. The minimum absolute atomic E-state index is 0.118. The predicted octanol–water partition coefficient (Wildman–Crippen LogP) is 0.980. The fraction of sp³-hybridized carbons (Fsp3) is 0.421. The largest absolute Gasteiger partial charge is 0.486 e. The molecule has 0 N–H and O–H groups in total. The Balaban J connectivity index is 1.27. The highest BCUT2D eigenvalue weighted by atomic mass is 16.6. The molecule has 0 radical (unpaired) electrons. The molecule has 0 aromatic carbocycles. The highest BCUT2D eigenvalue weighted by molar-refractivity contribution is 5.68. The molecule has 10 heteroatoms. The molecule has 4 rings (SSSR count). The third-order valence-corrected chi connectivity index (χ3v) is 4.74. The maximum absolute atomic E-state index is 12.1. The van der Waals surface area contributed by atoms with Gasteiger partial charge < -0.3 is 24.0 Å². The van der Waals surface area contributed by atoms with Crippen molar-refractivity contribution < 1.29 is 19.0 Å². The van der Waals surface area contributed by atoms with Crippen molar-refractivity contribution in [3.63, 3.8) is 0 Å². The van der Waals surface area contributed by atoms with Gasteiger partial charge in [-0.25, -0.2) is 14.8 Å². The van der Waals surface area contributed by atoms with Crippen molar-refractivity contribution >= 4 is 12.0 Å². The van der Waals surface area contributed by atoms with Gasteiger partial charge in [0.2, 0.25) is 5.95 Å². The molecule has 4 heterocycles. The SMILES string of the molecule is N#Cc1cnccc1COc1cnc(N2CCN(C(=O)OC3COC3)CC2)nc1. The molecule has 2 saturated heterocycles. The number of aromatic nitrogens is 3. The average molecular weight is 396 g/mol. The van der Waals surface area contributed by atoms with Crippen LogP contribution < -0.4 is 9.64 Å². The van der Waals surface area contributed by atoms with Gasteiger partial charge in [0.25, 0.3) is 0 Å². The molecule has 0 bridgehead atoms. The molecule has 2 aliphatic rings. The minimum atomic E-state index is -0.296. The van der Waals surface area contributed by atoms with Crippen molar-refractivity contribution in [2.24, 2.45) is 0 Å². The molecule has 29 heavy (non-hydrogen) atoms. The van der Waals surface area contributed by atoms with Crippen LogP contribution in [0.3, 0.4) is 0 Å². The van der Waals surface area contributed by atoms with Crippen LogP contribution in [0.2, 0.25) is 0 Å². The number of rotatable bonds is 5. The molecule has 0 aliphatic carbocycles. The monoisotopic (exact) mass is 396 g/mol. The van der Waals surface area contributed by atoms with E-state index in [1.165, 1.54) is 6.20 Å². The molecule has 0 unspecified atom stereocenters. The van der Waals surface area contributed by atoms with Gasteiger partial charge in [-0.05, 0) is 6.07 Å². The second-order valence-electron chi connectivity index (χ2n) is 6.67. The van der Waals surface area contributed by atoms with Gasteiger partial charge in [-0.3, -0.25) is 4.98 Å². The van der Waals surface area contributed by atoms with Gasteiger partial charge in [-0.1, -0.05) is 0 Å². The van der Waals surface area contributed by atoms with E-state index in [1.807, 2.05) is 4.90 Å². The average Bonchev–Trinajstić information content (AvgIpc) is 2.75.